The molecule has 1 N–H and O–H groups in total. The van der Waals surface area contributed by atoms with Gasteiger partial charge in [-0.05, 0) is 31.4 Å². The van der Waals surface area contributed by atoms with Crippen LogP contribution >= 0.6 is 0 Å². The summed E-state index contributed by atoms with van der Waals surface area (Å²) in [7, 11) is 0. The molecule has 0 unspecified atom stereocenters. The molecule has 0 bridgehead atoms. The fourth-order valence-electron chi connectivity index (χ4n) is 2.30. The van der Waals surface area contributed by atoms with Gasteiger partial charge in [-0.15, -0.1) is 5.92 Å². The molecule has 1 fully saturated rings. The lowest BCUT2D eigenvalue weighted by atomic mass is 10.2. The Morgan fingerprint density at radius 2 is 2.17 bits per heavy atom. The van der Waals surface area contributed by atoms with E-state index in [1.165, 1.54) is 29.3 Å². The number of aromatic nitrogens is 1. The van der Waals surface area contributed by atoms with Gasteiger partial charge in [-0.1, -0.05) is 24.1 Å². The van der Waals surface area contributed by atoms with E-state index >= 15 is 0 Å². The Hall–Kier alpha value is -1.72. The van der Waals surface area contributed by atoms with Crippen LogP contribution in [0.1, 0.15) is 25.3 Å². The fourth-order valence-corrected chi connectivity index (χ4v) is 2.30. The third-order valence-electron chi connectivity index (χ3n) is 3.46. The van der Waals surface area contributed by atoms with Gasteiger partial charge in [-0.3, -0.25) is 0 Å². The summed E-state index contributed by atoms with van der Waals surface area (Å²) in [6, 6.07) is 9.33. The molecular weight excluding hydrogens is 220 g/mol. The van der Waals surface area contributed by atoms with E-state index in [0.29, 0.717) is 0 Å². The number of benzene rings is 1. The monoisotopic (exact) mass is 238 g/mol. The minimum absolute atomic E-state index is 0.752. The lowest BCUT2D eigenvalue weighted by Gasteiger charge is -2.00. The molecule has 1 heterocycles. The first-order valence-corrected chi connectivity index (χ1v) is 6.58. The molecule has 2 nitrogen and oxygen atoms in total. The Balaban J connectivity index is 1.92. The number of nitrogens with zero attached hydrogens (tertiary/aromatic N) is 1. The van der Waals surface area contributed by atoms with Gasteiger partial charge in [0.2, 0.25) is 0 Å². The minimum atomic E-state index is 0.752. The molecule has 92 valence electrons. The Kier molecular flexibility index (Phi) is 3.08. The Bertz CT molecular complexity index is 609. The molecule has 1 aromatic carbocycles. The molecule has 0 atom stereocenters. The van der Waals surface area contributed by atoms with Crippen molar-refractivity contribution >= 4 is 10.9 Å². The highest BCUT2D eigenvalue weighted by Gasteiger charge is 2.20. The summed E-state index contributed by atoms with van der Waals surface area (Å²) in [6.45, 7) is 3.64. The summed E-state index contributed by atoms with van der Waals surface area (Å²) in [6.07, 6.45) is 4.91. The molecule has 0 spiro atoms. The first-order chi connectivity index (χ1) is 8.88. The van der Waals surface area contributed by atoms with Crippen LogP contribution in [0.15, 0.2) is 30.5 Å². The summed E-state index contributed by atoms with van der Waals surface area (Å²) < 4.78 is 2.25. The van der Waals surface area contributed by atoms with Gasteiger partial charge in [0, 0.05) is 29.7 Å². The fraction of sp³-hybridized carbons (Fsp3) is 0.375. The zero-order valence-electron chi connectivity index (χ0n) is 10.7. The van der Waals surface area contributed by atoms with Crippen molar-refractivity contribution in [2.75, 3.05) is 0 Å². The molecule has 0 saturated heterocycles. The Morgan fingerprint density at radius 3 is 2.94 bits per heavy atom. The van der Waals surface area contributed by atoms with E-state index < -0.39 is 0 Å². The van der Waals surface area contributed by atoms with Crippen molar-refractivity contribution in [1.29, 1.82) is 0 Å². The van der Waals surface area contributed by atoms with E-state index in [1.807, 2.05) is 6.92 Å². The predicted molar refractivity (Wildman–Crippen MR) is 75.2 cm³/mol. The van der Waals surface area contributed by atoms with E-state index in [0.717, 1.165) is 19.1 Å². The second-order valence-corrected chi connectivity index (χ2v) is 4.88. The van der Waals surface area contributed by atoms with Crippen LogP contribution in [-0.4, -0.2) is 10.6 Å². The van der Waals surface area contributed by atoms with E-state index in [9.17, 15) is 0 Å². The van der Waals surface area contributed by atoms with Gasteiger partial charge in [0.1, 0.15) is 0 Å². The second kappa shape index (κ2) is 4.88. The molecule has 0 amide bonds. The SMILES string of the molecule is CC#CCn1cc(CNC2CC2)c2ccccc21. The van der Waals surface area contributed by atoms with Crippen LogP contribution in [0, 0.1) is 11.8 Å². The van der Waals surface area contributed by atoms with Crippen LogP contribution in [0.5, 0.6) is 0 Å². The summed E-state index contributed by atoms with van der Waals surface area (Å²) in [5.74, 6) is 6.10. The zero-order chi connectivity index (χ0) is 12.4. The van der Waals surface area contributed by atoms with E-state index in [1.54, 1.807) is 0 Å². The molecule has 1 aliphatic carbocycles. The molecular formula is C16H18N2. The van der Waals surface area contributed by atoms with Crippen molar-refractivity contribution in [2.24, 2.45) is 0 Å². The average molecular weight is 238 g/mol. The molecule has 18 heavy (non-hydrogen) atoms. The van der Waals surface area contributed by atoms with Crippen molar-refractivity contribution in [1.82, 2.24) is 9.88 Å². The molecule has 1 saturated carbocycles. The maximum absolute atomic E-state index is 3.59. The van der Waals surface area contributed by atoms with Gasteiger partial charge in [0.05, 0.1) is 6.54 Å². The van der Waals surface area contributed by atoms with Gasteiger partial charge in [-0.2, -0.15) is 0 Å². The van der Waals surface area contributed by atoms with Gasteiger partial charge in [0.15, 0.2) is 0 Å². The Morgan fingerprint density at radius 1 is 1.33 bits per heavy atom. The van der Waals surface area contributed by atoms with Crippen molar-refractivity contribution in [3.05, 3.63) is 36.0 Å². The topological polar surface area (TPSA) is 17.0 Å². The maximum Gasteiger partial charge on any atom is 0.0837 e. The van der Waals surface area contributed by atoms with Crippen molar-refractivity contribution in [3.63, 3.8) is 0 Å². The normalized spacial score (nSPS) is 14.5. The lowest BCUT2D eigenvalue weighted by molar-refractivity contribution is 0.688. The van der Waals surface area contributed by atoms with Crippen molar-refractivity contribution in [3.8, 4) is 11.8 Å². The van der Waals surface area contributed by atoms with Crippen LogP contribution < -0.4 is 5.32 Å². The average Bonchev–Trinajstić information content (AvgIpc) is 3.17. The van der Waals surface area contributed by atoms with Gasteiger partial charge in [0.25, 0.3) is 0 Å². The number of rotatable bonds is 4. The van der Waals surface area contributed by atoms with Gasteiger partial charge < -0.3 is 9.88 Å². The second-order valence-electron chi connectivity index (χ2n) is 4.88. The Labute approximate surface area is 108 Å². The third kappa shape index (κ3) is 2.27. The molecule has 3 rings (SSSR count). The number of fused-ring (bicyclic) bond motifs is 1. The third-order valence-corrected chi connectivity index (χ3v) is 3.46. The smallest absolute Gasteiger partial charge is 0.0837 e. The molecule has 0 radical (unpaired) electrons. The quantitative estimate of drug-likeness (QED) is 0.810. The standard InChI is InChI=1S/C16H18N2/c1-2-3-10-18-12-13(11-17-14-8-9-14)15-6-4-5-7-16(15)18/h4-7,12,14,17H,8-11H2,1H3. The maximum atomic E-state index is 3.59. The van der Waals surface area contributed by atoms with Gasteiger partial charge >= 0.3 is 0 Å². The van der Waals surface area contributed by atoms with E-state index in [2.05, 4.69) is 52.2 Å². The summed E-state index contributed by atoms with van der Waals surface area (Å²) >= 11 is 0. The van der Waals surface area contributed by atoms with Crippen LogP contribution in [-0.2, 0) is 13.1 Å². The van der Waals surface area contributed by atoms with Crippen molar-refractivity contribution in [2.45, 2.75) is 38.9 Å². The highest BCUT2D eigenvalue weighted by atomic mass is 15.0. The van der Waals surface area contributed by atoms with Crippen LogP contribution in [0.25, 0.3) is 10.9 Å². The minimum Gasteiger partial charge on any atom is -0.335 e. The number of nitrogens with one attached hydrogen (secondary N) is 1. The molecule has 2 heteroatoms. The highest BCUT2D eigenvalue weighted by molar-refractivity contribution is 5.84. The molecule has 0 aliphatic heterocycles. The van der Waals surface area contributed by atoms with E-state index in [4.69, 9.17) is 0 Å². The first kappa shape index (κ1) is 11.4. The highest BCUT2D eigenvalue weighted by Crippen LogP contribution is 2.23. The van der Waals surface area contributed by atoms with E-state index in [-0.39, 0.29) is 0 Å². The van der Waals surface area contributed by atoms with Crippen molar-refractivity contribution < 1.29 is 0 Å². The summed E-state index contributed by atoms with van der Waals surface area (Å²) in [5, 5.41) is 4.94. The first-order valence-electron chi connectivity index (χ1n) is 6.58. The molecule has 1 aromatic heterocycles. The zero-order valence-corrected chi connectivity index (χ0v) is 10.7. The summed E-state index contributed by atoms with van der Waals surface area (Å²) in [5.41, 5.74) is 2.67. The molecule has 2 aromatic rings. The van der Waals surface area contributed by atoms with Crippen LogP contribution in [0.2, 0.25) is 0 Å². The number of hydrogen-bond acceptors (Lipinski definition) is 1. The van der Waals surface area contributed by atoms with Crippen LogP contribution in [0.4, 0.5) is 0 Å². The lowest BCUT2D eigenvalue weighted by Crippen LogP contribution is -2.14. The number of para-hydroxylation sites is 1. The predicted octanol–water partition coefficient (Wildman–Crippen LogP) is 2.92. The van der Waals surface area contributed by atoms with Crippen LogP contribution in [0.3, 0.4) is 0 Å². The largest absolute Gasteiger partial charge is 0.335 e. The summed E-state index contributed by atoms with van der Waals surface area (Å²) in [4.78, 5) is 0. The number of hydrogen-bond donors (Lipinski definition) is 1. The van der Waals surface area contributed by atoms with Gasteiger partial charge in [-0.25, -0.2) is 0 Å². The molecule has 1 aliphatic rings.